The van der Waals surface area contributed by atoms with Crippen LogP contribution in [0.15, 0.2) is 76.6 Å². The third-order valence-corrected chi connectivity index (χ3v) is 3.16. The average Bonchev–Trinajstić information content (AvgIpc) is 2.63. The number of allylic oxidation sites excluding steroid dienone is 1. The van der Waals surface area contributed by atoms with Crippen LogP contribution in [0.1, 0.15) is 5.56 Å². The number of anilines is 1. The quantitative estimate of drug-likeness (QED) is 0.560. The number of aromatic nitrogens is 3. The van der Waals surface area contributed by atoms with Crippen LogP contribution < -0.4 is 11.0 Å². The first-order valence-corrected chi connectivity index (χ1v) is 7.36. The van der Waals surface area contributed by atoms with Gasteiger partial charge in [-0.15, -0.1) is 10.2 Å². The highest BCUT2D eigenvalue weighted by Gasteiger charge is 2.06. The van der Waals surface area contributed by atoms with E-state index in [9.17, 15) is 4.79 Å². The topological polar surface area (TPSA) is 83.0 Å². The molecule has 118 valence electrons. The lowest BCUT2D eigenvalue weighted by Crippen LogP contribution is -2.15. The van der Waals surface area contributed by atoms with Crippen molar-refractivity contribution in [3.05, 3.63) is 82.7 Å². The van der Waals surface area contributed by atoms with E-state index in [1.807, 2.05) is 54.6 Å². The molecule has 0 saturated heterocycles. The number of hydrogen-bond acceptors (Lipinski definition) is 5. The van der Waals surface area contributed by atoms with Gasteiger partial charge in [-0.05, 0) is 11.6 Å². The van der Waals surface area contributed by atoms with Crippen LogP contribution in [0.5, 0.6) is 0 Å². The minimum Gasteiger partial charge on any atom is -0.288 e. The molecule has 1 heterocycles. The Hall–Kier alpha value is -3.54. The van der Waals surface area contributed by atoms with Gasteiger partial charge in [0.25, 0.3) is 5.56 Å². The first-order chi connectivity index (χ1) is 11.8. The van der Waals surface area contributed by atoms with Crippen molar-refractivity contribution in [2.75, 3.05) is 5.43 Å². The van der Waals surface area contributed by atoms with Gasteiger partial charge < -0.3 is 0 Å². The number of nitrogens with zero attached hydrogens (tertiary/aromatic N) is 3. The number of benzene rings is 2. The highest BCUT2D eigenvalue weighted by Crippen LogP contribution is 2.10. The second-order valence-electron chi connectivity index (χ2n) is 4.88. The van der Waals surface area contributed by atoms with Crippen molar-refractivity contribution in [3.63, 3.8) is 0 Å². The van der Waals surface area contributed by atoms with E-state index in [1.54, 1.807) is 24.4 Å². The fraction of sp³-hybridized carbons (Fsp3) is 0. The Bertz CT molecular complexity index is 901. The SMILES string of the molecule is O=c1[nH]c(N/N=C/C=C/c2ccccc2)nnc1-c1ccccc1. The lowest BCUT2D eigenvalue weighted by Gasteiger charge is -2.00. The van der Waals surface area contributed by atoms with Crippen molar-refractivity contribution >= 4 is 18.2 Å². The van der Waals surface area contributed by atoms with Crippen molar-refractivity contribution in [3.8, 4) is 11.3 Å². The van der Waals surface area contributed by atoms with E-state index in [2.05, 4.69) is 25.7 Å². The van der Waals surface area contributed by atoms with Crippen molar-refractivity contribution in [2.24, 2.45) is 5.10 Å². The molecule has 0 atom stereocenters. The molecule has 6 heteroatoms. The summed E-state index contributed by atoms with van der Waals surface area (Å²) in [6.45, 7) is 0. The molecule has 0 unspecified atom stereocenters. The van der Waals surface area contributed by atoms with E-state index in [0.717, 1.165) is 5.56 Å². The predicted octanol–water partition coefficient (Wildman–Crippen LogP) is 2.94. The monoisotopic (exact) mass is 317 g/mol. The maximum atomic E-state index is 12.1. The van der Waals surface area contributed by atoms with Crippen LogP contribution in [-0.2, 0) is 0 Å². The summed E-state index contributed by atoms with van der Waals surface area (Å²) in [6, 6.07) is 19.0. The molecule has 0 amide bonds. The summed E-state index contributed by atoms with van der Waals surface area (Å²) in [7, 11) is 0. The zero-order chi connectivity index (χ0) is 16.6. The Labute approximate surface area is 138 Å². The molecule has 6 nitrogen and oxygen atoms in total. The molecule has 3 aromatic rings. The number of H-pyrrole nitrogens is 1. The lowest BCUT2D eigenvalue weighted by atomic mass is 10.2. The number of aromatic amines is 1. The Morgan fingerprint density at radius 3 is 2.38 bits per heavy atom. The van der Waals surface area contributed by atoms with Gasteiger partial charge in [-0.3, -0.25) is 9.78 Å². The van der Waals surface area contributed by atoms with Crippen LogP contribution in [-0.4, -0.2) is 21.4 Å². The lowest BCUT2D eigenvalue weighted by molar-refractivity contribution is 0.947. The number of rotatable bonds is 5. The molecular weight excluding hydrogens is 302 g/mol. The van der Waals surface area contributed by atoms with Crippen molar-refractivity contribution < 1.29 is 0 Å². The van der Waals surface area contributed by atoms with Crippen LogP contribution in [0.3, 0.4) is 0 Å². The highest BCUT2D eigenvalue weighted by atomic mass is 16.1. The van der Waals surface area contributed by atoms with Crippen LogP contribution in [0, 0.1) is 0 Å². The average molecular weight is 317 g/mol. The van der Waals surface area contributed by atoms with Crippen molar-refractivity contribution in [1.29, 1.82) is 0 Å². The minimum absolute atomic E-state index is 0.184. The molecule has 0 spiro atoms. The summed E-state index contributed by atoms with van der Waals surface area (Å²) in [5, 5.41) is 11.8. The number of nitrogens with one attached hydrogen (secondary N) is 2. The van der Waals surface area contributed by atoms with Crippen LogP contribution >= 0.6 is 0 Å². The van der Waals surface area contributed by atoms with Crippen LogP contribution in [0.4, 0.5) is 5.95 Å². The second kappa shape index (κ2) is 7.64. The van der Waals surface area contributed by atoms with E-state index < -0.39 is 0 Å². The normalized spacial score (nSPS) is 11.2. The summed E-state index contributed by atoms with van der Waals surface area (Å²) < 4.78 is 0. The van der Waals surface area contributed by atoms with Gasteiger partial charge >= 0.3 is 0 Å². The third kappa shape index (κ3) is 4.01. The van der Waals surface area contributed by atoms with E-state index in [-0.39, 0.29) is 17.2 Å². The Kier molecular flexibility index (Phi) is 4.89. The zero-order valence-corrected chi connectivity index (χ0v) is 12.8. The van der Waals surface area contributed by atoms with Crippen LogP contribution in [0.25, 0.3) is 17.3 Å². The Morgan fingerprint density at radius 2 is 1.67 bits per heavy atom. The van der Waals surface area contributed by atoms with Crippen molar-refractivity contribution in [2.45, 2.75) is 0 Å². The zero-order valence-electron chi connectivity index (χ0n) is 12.8. The molecule has 2 N–H and O–H groups in total. The predicted molar refractivity (Wildman–Crippen MR) is 95.7 cm³/mol. The molecule has 0 aliphatic rings. The Balaban J connectivity index is 1.64. The molecule has 0 saturated carbocycles. The second-order valence-corrected chi connectivity index (χ2v) is 4.88. The smallest absolute Gasteiger partial charge is 0.279 e. The number of hydrogen-bond donors (Lipinski definition) is 2. The van der Waals surface area contributed by atoms with Gasteiger partial charge in [-0.2, -0.15) is 5.10 Å². The van der Waals surface area contributed by atoms with Gasteiger partial charge in [0.15, 0.2) is 5.69 Å². The van der Waals surface area contributed by atoms with Gasteiger partial charge in [0.1, 0.15) is 0 Å². The van der Waals surface area contributed by atoms with Gasteiger partial charge in [0.2, 0.25) is 5.95 Å². The summed E-state index contributed by atoms with van der Waals surface area (Å²) in [5.74, 6) is 0.184. The molecule has 1 aromatic heterocycles. The first kappa shape index (κ1) is 15.4. The molecule has 0 radical (unpaired) electrons. The molecule has 0 aliphatic carbocycles. The molecule has 3 rings (SSSR count). The van der Waals surface area contributed by atoms with Gasteiger partial charge in [0.05, 0.1) is 0 Å². The molecule has 0 bridgehead atoms. The molecule has 24 heavy (non-hydrogen) atoms. The summed E-state index contributed by atoms with van der Waals surface area (Å²) in [5.41, 5.74) is 4.37. The first-order valence-electron chi connectivity index (χ1n) is 7.36. The van der Waals surface area contributed by atoms with Gasteiger partial charge in [-0.1, -0.05) is 66.7 Å². The third-order valence-electron chi connectivity index (χ3n) is 3.16. The fourth-order valence-electron chi connectivity index (χ4n) is 2.03. The Morgan fingerprint density at radius 1 is 0.958 bits per heavy atom. The maximum absolute atomic E-state index is 12.1. The molecule has 0 fully saturated rings. The standard InChI is InChI=1S/C18H15N5O/c24-17-16(15-11-5-2-6-12-15)21-23-18(20-17)22-19-13-7-10-14-8-3-1-4-9-14/h1-13H,(H2,20,22,23,24)/b10-7+,19-13+. The van der Waals surface area contributed by atoms with Gasteiger partial charge in [0, 0.05) is 11.8 Å². The van der Waals surface area contributed by atoms with E-state index in [4.69, 9.17) is 0 Å². The van der Waals surface area contributed by atoms with Crippen molar-refractivity contribution in [1.82, 2.24) is 15.2 Å². The van der Waals surface area contributed by atoms with Gasteiger partial charge in [-0.25, -0.2) is 5.43 Å². The molecule has 2 aromatic carbocycles. The summed E-state index contributed by atoms with van der Waals surface area (Å²) in [4.78, 5) is 14.7. The van der Waals surface area contributed by atoms with E-state index in [0.29, 0.717) is 5.56 Å². The minimum atomic E-state index is -0.325. The fourth-order valence-corrected chi connectivity index (χ4v) is 2.03. The molecule has 0 aliphatic heterocycles. The molecular formula is C18H15N5O. The van der Waals surface area contributed by atoms with E-state index in [1.165, 1.54) is 0 Å². The highest BCUT2D eigenvalue weighted by molar-refractivity contribution is 5.78. The largest absolute Gasteiger partial charge is 0.288 e. The summed E-state index contributed by atoms with van der Waals surface area (Å²) >= 11 is 0. The number of hydrazone groups is 1. The summed E-state index contributed by atoms with van der Waals surface area (Å²) in [6.07, 6.45) is 5.27. The van der Waals surface area contributed by atoms with E-state index >= 15 is 0 Å². The van der Waals surface area contributed by atoms with Crippen LogP contribution in [0.2, 0.25) is 0 Å². The maximum Gasteiger partial charge on any atom is 0.279 e.